The van der Waals surface area contributed by atoms with Gasteiger partial charge in [-0.15, -0.1) is 0 Å². The third-order valence-corrected chi connectivity index (χ3v) is 8.51. The summed E-state index contributed by atoms with van der Waals surface area (Å²) in [5.74, 6) is -4.81. The van der Waals surface area contributed by atoms with Crippen molar-refractivity contribution in [2.75, 3.05) is 13.2 Å². The minimum atomic E-state index is -1.78. The van der Waals surface area contributed by atoms with Gasteiger partial charge in [0.05, 0.1) is 75.5 Å². The Morgan fingerprint density at radius 2 is 0.773 bits per heavy atom. The Hall–Kier alpha value is -6.00. The van der Waals surface area contributed by atoms with Gasteiger partial charge in [-0.2, -0.15) is 0 Å². The summed E-state index contributed by atoms with van der Waals surface area (Å²) in [5.41, 5.74) is 0. The minimum Gasteiger partial charge on any atom is -0.478 e. The van der Waals surface area contributed by atoms with Crippen molar-refractivity contribution in [2.24, 2.45) is 0 Å². The molecule has 0 bridgehead atoms. The number of aliphatic hydroxyl groups excluding tert-OH is 6. The van der Waals surface area contributed by atoms with E-state index in [9.17, 15) is 78.0 Å². The molecule has 0 radical (unpaired) electrons. The molecule has 0 aromatic carbocycles. The second-order valence-corrected chi connectivity index (χ2v) is 13.9. The highest BCUT2D eigenvalue weighted by Crippen LogP contribution is 2.27. The lowest BCUT2D eigenvalue weighted by Gasteiger charge is -2.36. The number of esters is 4. The number of ether oxygens (including phenoxy) is 6. The summed E-state index contributed by atoms with van der Waals surface area (Å²) in [6.07, 6.45) is -6.81. The molecule has 0 amide bonds. The second-order valence-electron chi connectivity index (χ2n) is 13.9. The molecule has 12 atom stereocenters. The predicted molar refractivity (Wildman–Crippen MR) is 213 cm³/mol. The number of hydrogen-bond acceptors (Lipinski definition) is 24. The summed E-state index contributed by atoms with van der Waals surface area (Å²) in [6, 6.07) is 0. The molecule has 12 unspecified atom stereocenters. The first-order chi connectivity index (χ1) is 31.3. The van der Waals surface area contributed by atoms with Gasteiger partial charge in [0.25, 0.3) is 0 Å². The van der Waals surface area contributed by atoms with Gasteiger partial charge in [-0.1, -0.05) is 12.2 Å². The number of rotatable bonds is 27. The zero-order chi connectivity index (χ0) is 50.2. The van der Waals surface area contributed by atoms with Crippen LogP contribution in [0.15, 0.2) is 24.3 Å². The van der Waals surface area contributed by atoms with Crippen molar-refractivity contribution < 1.29 is 128 Å². The molecule has 4 fully saturated rings. The number of aldehydes is 6. The third-order valence-electron chi connectivity index (χ3n) is 8.51. The summed E-state index contributed by atoms with van der Waals surface area (Å²) in [7, 11) is 0. The van der Waals surface area contributed by atoms with Crippen molar-refractivity contribution in [3.8, 4) is 0 Å². The first kappa shape index (κ1) is 60.0. The number of cyclic esters (lactones) is 2. The van der Waals surface area contributed by atoms with Gasteiger partial charge in [-0.05, 0) is 0 Å². The molecule has 0 spiro atoms. The Morgan fingerprint density at radius 3 is 1.00 bits per heavy atom. The van der Waals surface area contributed by atoms with E-state index in [4.69, 9.17) is 39.4 Å². The fourth-order valence-corrected chi connectivity index (χ4v) is 4.69. The minimum absolute atomic E-state index is 0. The molecule has 66 heavy (non-hydrogen) atoms. The number of carboxylic acid groups (broad SMARTS) is 2. The van der Waals surface area contributed by atoms with Crippen LogP contribution in [0.5, 0.6) is 0 Å². The van der Waals surface area contributed by atoms with E-state index in [1.807, 2.05) is 0 Å². The van der Waals surface area contributed by atoms with E-state index in [1.165, 1.54) is 0 Å². The number of carboxylic acids is 2. The molecule has 4 rings (SSSR count). The van der Waals surface area contributed by atoms with Crippen LogP contribution in [0.2, 0.25) is 0 Å². The van der Waals surface area contributed by atoms with Crippen molar-refractivity contribution in [1.29, 1.82) is 0 Å². The van der Waals surface area contributed by atoms with Gasteiger partial charge in [-0.25, -0.2) is 9.59 Å². The molecule has 0 aliphatic carbocycles. The maximum absolute atomic E-state index is 11.8. The fourth-order valence-electron chi connectivity index (χ4n) is 4.69. The zero-order valence-corrected chi connectivity index (χ0v) is 35.1. The van der Waals surface area contributed by atoms with Crippen LogP contribution < -0.4 is 0 Å². The number of aliphatic carboxylic acids is 2. The van der Waals surface area contributed by atoms with Crippen LogP contribution in [0.3, 0.4) is 0 Å². The first-order valence-electron chi connectivity index (χ1n) is 19.8. The monoisotopic (exact) mass is 953 g/mol. The van der Waals surface area contributed by atoms with E-state index in [2.05, 4.69) is 9.47 Å². The van der Waals surface area contributed by atoms with E-state index in [0.29, 0.717) is 62.8 Å². The molecule has 26 heteroatoms. The van der Waals surface area contributed by atoms with Crippen LogP contribution in [0.25, 0.3) is 0 Å². The maximum atomic E-state index is 11.8. The highest BCUT2D eigenvalue weighted by atomic mass is 16.7. The Labute approximate surface area is 376 Å². The number of allylic oxidation sites excluding steroid dienone is 2. The largest absolute Gasteiger partial charge is 0.478 e. The van der Waals surface area contributed by atoms with Crippen molar-refractivity contribution in [2.45, 2.75) is 137 Å². The van der Waals surface area contributed by atoms with Crippen LogP contribution in [-0.4, -0.2) is 201 Å². The summed E-state index contributed by atoms with van der Waals surface area (Å²) in [6.45, 7) is 1.87. The molecule has 0 saturated carbocycles. The van der Waals surface area contributed by atoms with Gasteiger partial charge in [0, 0.05) is 52.1 Å². The molecular formula is C40H56O26. The zero-order valence-electron chi connectivity index (χ0n) is 35.1. The molecule has 4 aliphatic heterocycles. The van der Waals surface area contributed by atoms with Crippen molar-refractivity contribution in [3.05, 3.63) is 24.3 Å². The van der Waals surface area contributed by atoms with Crippen LogP contribution >= 0.6 is 0 Å². The quantitative estimate of drug-likeness (QED) is 0.00977. The van der Waals surface area contributed by atoms with Gasteiger partial charge in [0.1, 0.15) is 74.3 Å². The third kappa shape index (κ3) is 28.7. The van der Waals surface area contributed by atoms with E-state index >= 15 is 0 Å². The van der Waals surface area contributed by atoms with Crippen LogP contribution in [0.1, 0.15) is 65.6 Å². The van der Waals surface area contributed by atoms with Crippen molar-refractivity contribution in [3.63, 3.8) is 0 Å². The van der Waals surface area contributed by atoms with Crippen LogP contribution in [0.4, 0.5) is 0 Å². The van der Waals surface area contributed by atoms with E-state index in [0.717, 1.165) is 37.5 Å². The molecule has 8 N–H and O–H groups in total. The lowest BCUT2D eigenvalue weighted by molar-refractivity contribution is -0.206. The molecule has 4 aliphatic rings. The van der Waals surface area contributed by atoms with E-state index in [1.54, 1.807) is 0 Å². The second kappa shape index (κ2) is 34.4. The normalized spacial score (nSPS) is 22.0. The topological polar surface area (TPSA) is 429 Å². The lowest BCUT2D eigenvalue weighted by Crippen LogP contribution is -2.50. The Bertz CT molecular complexity index is 1500. The summed E-state index contributed by atoms with van der Waals surface area (Å²) < 4.78 is 28.8. The van der Waals surface area contributed by atoms with Crippen molar-refractivity contribution in [1.82, 2.24) is 0 Å². The number of epoxide rings is 2. The van der Waals surface area contributed by atoms with E-state index < -0.39 is 98.4 Å². The molecule has 26 nitrogen and oxygen atoms in total. The molecular weight excluding hydrogens is 896 g/mol. The average Bonchev–Trinajstić information content (AvgIpc) is 4.15. The van der Waals surface area contributed by atoms with Gasteiger partial charge in [-0.3, -0.25) is 19.2 Å². The molecule has 4 heterocycles. The predicted octanol–water partition coefficient (Wildman–Crippen LogP) is -3.81. The molecule has 4 saturated heterocycles. The van der Waals surface area contributed by atoms with Crippen LogP contribution in [-0.2, 0) is 86.0 Å². The summed E-state index contributed by atoms with van der Waals surface area (Å²) in [5, 5.41) is 72.7. The molecule has 0 aromatic heterocycles. The van der Waals surface area contributed by atoms with Crippen LogP contribution in [0, 0.1) is 0 Å². The Balaban J connectivity index is 0. The average molecular weight is 954 g/mol. The molecule has 372 valence electrons. The lowest BCUT2D eigenvalue weighted by atomic mass is 10.0. The number of carbonyl (C=O) groups is 12. The maximum Gasteiger partial charge on any atom is 0.328 e. The Kier molecular flexibility index (Phi) is 31.2. The smallest absolute Gasteiger partial charge is 0.328 e. The Morgan fingerprint density at radius 1 is 0.500 bits per heavy atom. The summed E-state index contributed by atoms with van der Waals surface area (Å²) in [4.78, 5) is 125. The first-order valence-corrected chi connectivity index (χ1v) is 19.8. The highest BCUT2D eigenvalue weighted by Gasteiger charge is 2.44. The summed E-state index contributed by atoms with van der Waals surface area (Å²) >= 11 is 0. The van der Waals surface area contributed by atoms with E-state index in [-0.39, 0.29) is 51.3 Å². The van der Waals surface area contributed by atoms with Gasteiger partial charge >= 0.3 is 35.8 Å². The SMILES string of the molecule is C1OC1C1CO1.O=C(O)/C=C/C=C/C(=O)O.O=C1CC(C2CC(=O)O2)O1.O=CCC(O)C(CC=O)OC(=O)CC(O)C(O)CC(=O)OC(CC=O)C(O)CC=O.O=CCC(O)C(O)CC=O.[2HH]. The van der Waals surface area contributed by atoms with Gasteiger partial charge < -0.3 is 98.0 Å². The highest BCUT2D eigenvalue weighted by molar-refractivity contribution is 5.82. The number of hydrogen-bond donors (Lipinski definition) is 8. The molecule has 0 aromatic rings. The standard InChI is InChI=1S/C18H26O12.C6H6O4.C6H10O4.C6H6O4.C4H6O2.H2/c19-5-1-11(23)15(3-7-21)29-17(27)9-13(25)14(26)10-18(28)30-16(4-8-22)12(24)2-6-20;7-5-1-3(9-5)4-2-6(8)10-4;7-3-1-5(9)6(10)2-4-8;7-5(8)3-1-2-4-6(9)10;1-3(5-1)4-2-6-4;/h5-8,11-16,23-26H,1-4,9-10H2;3-4H,1-2H2;3-6,9-10H,1-2H2;1-4H,(H,7,8)(H,9,10);3-4H,1-2H2;1H/b;;;3-1+,4-2+;;/i;;;;;1+1. The number of aliphatic hydroxyl groups is 6. The van der Waals surface area contributed by atoms with Gasteiger partial charge in [0.15, 0.2) is 0 Å². The van der Waals surface area contributed by atoms with Gasteiger partial charge in [0.2, 0.25) is 0 Å². The number of carbonyl (C=O) groups excluding carboxylic acids is 10. The van der Waals surface area contributed by atoms with Crippen molar-refractivity contribution >= 4 is 73.5 Å². The fraction of sp³-hybridized carbons (Fsp3) is 0.600.